The van der Waals surface area contributed by atoms with Crippen LogP contribution in [0, 0.1) is 40.4 Å². The van der Waals surface area contributed by atoms with Crippen LogP contribution in [-0.2, 0) is 0 Å². The molecule has 0 heterocycles. The summed E-state index contributed by atoms with van der Waals surface area (Å²) in [6.45, 7) is 12.7. The molecule has 3 fully saturated rings. The summed E-state index contributed by atoms with van der Waals surface area (Å²) >= 11 is 0. The second-order valence-electron chi connectivity index (χ2n) is 9.88. The zero-order chi connectivity index (χ0) is 19.7. The first-order valence-corrected chi connectivity index (χ1v) is 10.6. The first kappa shape index (κ1) is 20.1. The van der Waals surface area contributed by atoms with E-state index in [1.807, 2.05) is 0 Å². The Morgan fingerprint density at radius 1 is 1.04 bits per heavy atom. The second kappa shape index (κ2) is 7.77. The Balaban J connectivity index is 1.95. The minimum atomic E-state index is 0.154. The molecule has 0 radical (unpaired) electrons. The van der Waals surface area contributed by atoms with Crippen molar-refractivity contribution in [2.75, 3.05) is 13.1 Å². The lowest BCUT2D eigenvalue weighted by atomic mass is 9.49. The summed E-state index contributed by atoms with van der Waals surface area (Å²) in [6.07, 6.45) is 8.18. The van der Waals surface area contributed by atoms with Gasteiger partial charge in [0.25, 0.3) is 0 Å². The third-order valence-corrected chi connectivity index (χ3v) is 8.75. The Hall–Kier alpha value is -1.64. The van der Waals surface area contributed by atoms with Gasteiger partial charge in [-0.15, -0.1) is 0 Å². The van der Waals surface area contributed by atoms with Crippen LogP contribution in [0.5, 0.6) is 0 Å². The van der Waals surface area contributed by atoms with Crippen LogP contribution in [0.25, 0.3) is 20.9 Å². The molecule has 0 saturated heterocycles. The summed E-state index contributed by atoms with van der Waals surface area (Å²) in [6, 6.07) is 0. The summed E-state index contributed by atoms with van der Waals surface area (Å²) in [7, 11) is 0. The summed E-state index contributed by atoms with van der Waals surface area (Å²) in [5.74, 6) is 2.60. The molecule has 3 aliphatic rings. The normalized spacial score (nSPS) is 44.1. The van der Waals surface area contributed by atoms with Gasteiger partial charge in [-0.25, -0.2) is 0 Å². The predicted octanol–water partition coefficient (Wildman–Crippen LogP) is 7.05. The molecule has 0 aromatic carbocycles. The number of fused-ring (bicyclic) bond motifs is 1. The molecule has 3 aliphatic carbocycles. The van der Waals surface area contributed by atoms with Crippen molar-refractivity contribution in [2.45, 2.75) is 65.7 Å². The van der Waals surface area contributed by atoms with Gasteiger partial charge in [-0.3, -0.25) is 0 Å². The van der Waals surface area contributed by atoms with Crippen LogP contribution in [0.1, 0.15) is 65.7 Å². The first-order valence-electron chi connectivity index (χ1n) is 10.6. The van der Waals surface area contributed by atoms with Crippen molar-refractivity contribution in [3.05, 3.63) is 33.0 Å². The lowest BCUT2D eigenvalue weighted by Crippen LogP contribution is -2.51. The molecule has 6 nitrogen and oxygen atoms in total. The fraction of sp³-hybridized carbons (Fsp3) is 0.905. The predicted molar refractivity (Wildman–Crippen MR) is 109 cm³/mol. The molecule has 3 saturated carbocycles. The van der Waals surface area contributed by atoms with E-state index in [1.54, 1.807) is 0 Å². The minimum absolute atomic E-state index is 0.154. The molecule has 0 aliphatic heterocycles. The SMILES string of the molecule is C=C1CC[C@H]2[C@H](CN=[N+]=[N-])[C@@H]([C@@]3(C)CC[C@H](C)C[C@@H]3CN=[N+]=[N-])CC[C@]12C. The van der Waals surface area contributed by atoms with Gasteiger partial charge in [-0.05, 0) is 90.0 Å². The van der Waals surface area contributed by atoms with Gasteiger partial charge in [0.15, 0.2) is 0 Å². The molecule has 0 N–H and O–H groups in total. The Kier molecular flexibility index (Phi) is 5.79. The van der Waals surface area contributed by atoms with Gasteiger partial charge in [0.2, 0.25) is 0 Å². The van der Waals surface area contributed by atoms with Crippen LogP contribution in [0.3, 0.4) is 0 Å². The van der Waals surface area contributed by atoms with Gasteiger partial charge in [-0.1, -0.05) is 49.6 Å². The fourth-order valence-corrected chi connectivity index (χ4v) is 6.94. The second-order valence-corrected chi connectivity index (χ2v) is 9.88. The molecule has 7 atom stereocenters. The molecule has 0 unspecified atom stereocenters. The summed E-state index contributed by atoms with van der Waals surface area (Å²) in [5.41, 5.74) is 19.6. The number of azide groups is 2. The largest absolute Gasteiger partial charge is 0.0993 e. The van der Waals surface area contributed by atoms with E-state index in [4.69, 9.17) is 11.1 Å². The van der Waals surface area contributed by atoms with E-state index >= 15 is 0 Å². The van der Waals surface area contributed by atoms with Crippen molar-refractivity contribution in [3.63, 3.8) is 0 Å². The van der Waals surface area contributed by atoms with Crippen LogP contribution in [0.2, 0.25) is 0 Å². The molecule has 3 rings (SSSR count). The van der Waals surface area contributed by atoms with Crippen LogP contribution < -0.4 is 0 Å². The van der Waals surface area contributed by atoms with Crippen molar-refractivity contribution >= 4 is 0 Å². The topological polar surface area (TPSA) is 97.5 Å². The van der Waals surface area contributed by atoms with E-state index in [0.717, 1.165) is 19.3 Å². The van der Waals surface area contributed by atoms with Gasteiger partial charge in [-0.2, -0.15) is 0 Å². The van der Waals surface area contributed by atoms with Crippen LogP contribution in [0.4, 0.5) is 0 Å². The molecular weight excluding hydrogens is 336 g/mol. The van der Waals surface area contributed by atoms with Gasteiger partial charge >= 0.3 is 0 Å². The number of hydrogen-bond acceptors (Lipinski definition) is 2. The van der Waals surface area contributed by atoms with E-state index in [0.29, 0.717) is 42.7 Å². The minimum Gasteiger partial charge on any atom is -0.0993 e. The monoisotopic (exact) mass is 370 g/mol. The Labute approximate surface area is 163 Å². The zero-order valence-electron chi connectivity index (χ0n) is 17.1. The Morgan fingerprint density at radius 2 is 1.74 bits per heavy atom. The number of rotatable bonds is 5. The molecule has 0 spiro atoms. The zero-order valence-corrected chi connectivity index (χ0v) is 17.1. The molecule has 27 heavy (non-hydrogen) atoms. The summed E-state index contributed by atoms with van der Waals surface area (Å²) in [4.78, 5) is 6.16. The maximum atomic E-state index is 9.00. The fourth-order valence-electron chi connectivity index (χ4n) is 6.94. The summed E-state index contributed by atoms with van der Waals surface area (Å²) < 4.78 is 0. The Bertz CT molecular complexity index is 676. The lowest BCUT2D eigenvalue weighted by molar-refractivity contribution is -0.0607. The number of nitrogens with zero attached hydrogens (tertiary/aromatic N) is 6. The van der Waals surface area contributed by atoms with E-state index in [9.17, 15) is 0 Å². The number of allylic oxidation sites excluding steroid dienone is 1. The van der Waals surface area contributed by atoms with E-state index < -0.39 is 0 Å². The van der Waals surface area contributed by atoms with Crippen LogP contribution in [-0.4, -0.2) is 13.1 Å². The van der Waals surface area contributed by atoms with Crippen molar-refractivity contribution in [1.82, 2.24) is 0 Å². The highest BCUT2D eigenvalue weighted by Crippen LogP contribution is 2.63. The average Bonchev–Trinajstić information content (AvgIpc) is 2.95. The molecular formula is C21H34N6. The third-order valence-electron chi connectivity index (χ3n) is 8.75. The van der Waals surface area contributed by atoms with Crippen molar-refractivity contribution < 1.29 is 0 Å². The Morgan fingerprint density at radius 3 is 2.44 bits per heavy atom. The third kappa shape index (κ3) is 3.46. The van der Waals surface area contributed by atoms with Crippen molar-refractivity contribution in [3.8, 4) is 0 Å². The molecule has 0 aromatic rings. The van der Waals surface area contributed by atoms with Crippen molar-refractivity contribution in [1.29, 1.82) is 0 Å². The molecule has 6 heteroatoms. The lowest BCUT2D eigenvalue weighted by Gasteiger charge is -2.57. The molecule has 0 aromatic heterocycles. The standard InChI is InChI=1S/C21H34N6/c1-14-7-9-21(4,16(11-14)12-24-26-22)19-8-10-20(3)15(2)5-6-18(20)17(19)13-25-27-23/h14,16-19H,2,5-13H2,1,3-4H3/t14-,16+,17-,18-,19-,20+,21-/m0/s1. The van der Waals surface area contributed by atoms with E-state index in [-0.39, 0.29) is 10.8 Å². The molecule has 0 bridgehead atoms. The summed E-state index contributed by atoms with van der Waals surface area (Å²) in [5, 5.41) is 8.04. The van der Waals surface area contributed by atoms with Gasteiger partial charge in [0.05, 0.1) is 0 Å². The van der Waals surface area contributed by atoms with Crippen LogP contribution in [0.15, 0.2) is 22.4 Å². The smallest absolute Gasteiger partial charge is 0.0292 e. The highest BCUT2D eigenvalue weighted by Gasteiger charge is 2.56. The maximum absolute atomic E-state index is 9.00. The quantitative estimate of drug-likeness (QED) is 0.214. The first-order chi connectivity index (χ1) is 12.9. The van der Waals surface area contributed by atoms with Crippen molar-refractivity contribution in [2.24, 2.45) is 50.6 Å². The van der Waals surface area contributed by atoms with E-state index in [1.165, 1.54) is 31.3 Å². The van der Waals surface area contributed by atoms with Gasteiger partial charge < -0.3 is 0 Å². The van der Waals surface area contributed by atoms with E-state index in [2.05, 4.69) is 47.4 Å². The molecule has 148 valence electrons. The van der Waals surface area contributed by atoms with Crippen LogP contribution >= 0.6 is 0 Å². The average molecular weight is 371 g/mol. The van der Waals surface area contributed by atoms with Gasteiger partial charge in [0, 0.05) is 22.9 Å². The van der Waals surface area contributed by atoms with Gasteiger partial charge in [0.1, 0.15) is 0 Å². The maximum Gasteiger partial charge on any atom is 0.0292 e. The molecule has 0 amide bonds. The highest BCUT2D eigenvalue weighted by molar-refractivity contribution is 5.21. The number of hydrogen-bond donors (Lipinski definition) is 0. The highest BCUT2D eigenvalue weighted by atomic mass is 15.1.